The summed E-state index contributed by atoms with van der Waals surface area (Å²) in [4.78, 5) is 7.63. The molecule has 10 heavy (non-hydrogen) atoms. The van der Waals surface area contributed by atoms with Gasteiger partial charge in [-0.3, -0.25) is 0 Å². The van der Waals surface area contributed by atoms with Gasteiger partial charge in [-0.2, -0.15) is 4.09 Å². The molecule has 0 amide bonds. The van der Waals surface area contributed by atoms with Crippen molar-refractivity contribution >= 4 is 24.0 Å². The molecule has 0 aromatic carbocycles. The third-order valence-corrected chi connectivity index (χ3v) is 1.41. The molecule has 0 atom stereocenters. The largest absolute Gasteiger partial charge is 0.242 e. The van der Waals surface area contributed by atoms with E-state index in [1.54, 1.807) is 6.20 Å². The SMILES string of the molecule is Sn1nnc2ncncc21. The Morgan fingerprint density at radius 3 is 3.20 bits per heavy atom. The van der Waals surface area contributed by atoms with Crippen molar-refractivity contribution in [3.05, 3.63) is 12.5 Å². The molecule has 2 heterocycles. The maximum absolute atomic E-state index is 3.96. The smallest absolute Gasteiger partial charge is 0.205 e. The van der Waals surface area contributed by atoms with Gasteiger partial charge in [0.2, 0.25) is 5.65 Å². The Labute approximate surface area is 61.6 Å². The zero-order chi connectivity index (χ0) is 6.97. The third-order valence-electron chi connectivity index (χ3n) is 1.11. The molecule has 0 aliphatic carbocycles. The predicted octanol–water partition coefficient (Wildman–Crippen LogP) is -0.0858. The third kappa shape index (κ3) is 0.655. The molecule has 5 nitrogen and oxygen atoms in total. The zero-order valence-corrected chi connectivity index (χ0v) is 5.73. The van der Waals surface area contributed by atoms with Crippen molar-refractivity contribution in [1.29, 1.82) is 0 Å². The van der Waals surface area contributed by atoms with Gasteiger partial charge in [0.15, 0.2) is 0 Å². The second kappa shape index (κ2) is 1.91. The average Bonchev–Trinajstić information content (AvgIpc) is 2.34. The van der Waals surface area contributed by atoms with Gasteiger partial charge < -0.3 is 0 Å². The topological polar surface area (TPSA) is 56.5 Å². The molecule has 0 aliphatic heterocycles. The Balaban J connectivity index is 2.93. The lowest BCUT2D eigenvalue weighted by atomic mass is 10.6. The standard InChI is InChI=1S/C4H3N5S/c10-9-3-1-5-2-6-4(3)7-8-9/h1-2,10H. The molecule has 0 radical (unpaired) electrons. The predicted molar refractivity (Wildman–Crippen MR) is 37.5 cm³/mol. The Morgan fingerprint density at radius 2 is 2.40 bits per heavy atom. The summed E-state index contributed by atoms with van der Waals surface area (Å²) < 4.78 is 1.33. The Hall–Kier alpha value is -1.17. The first-order valence-electron chi connectivity index (χ1n) is 2.58. The van der Waals surface area contributed by atoms with Crippen LogP contribution in [0.5, 0.6) is 0 Å². The Bertz CT molecular complexity index is 355. The van der Waals surface area contributed by atoms with Crippen LogP contribution in [-0.2, 0) is 0 Å². The second-order valence-electron chi connectivity index (χ2n) is 1.71. The highest BCUT2D eigenvalue weighted by molar-refractivity contribution is 7.78. The highest BCUT2D eigenvalue weighted by atomic mass is 32.1. The average molecular weight is 153 g/mol. The molecule has 0 aliphatic rings. The van der Waals surface area contributed by atoms with Gasteiger partial charge in [0, 0.05) is 0 Å². The second-order valence-corrected chi connectivity index (χ2v) is 2.09. The molecule has 2 aromatic heterocycles. The maximum atomic E-state index is 3.96. The lowest BCUT2D eigenvalue weighted by Gasteiger charge is -1.84. The minimum Gasteiger partial charge on any atom is -0.242 e. The van der Waals surface area contributed by atoms with Gasteiger partial charge in [0.25, 0.3) is 0 Å². The van der Waals surface area contributed by atoms with Crippen LogP contribution >= 0.6 is 12.8 Å². The minimum atomic E-state index is 0.560. The summed E-state index contributed by atoms with van der Waals surface area (Å²) in [6.07, 6.45) is 3.03. The summed E-state index contributed by atoms with van der Waals surface area (Å²) >= 11 is 3.96. The van der Waals surface area contributed by atoms with Gasteiger partial charge in [0.1, 0.15) is 11.8 Å². The van der Waals surface area contributed by atoms with Crippen LogP contribution in [0.25, 0.3) is 11.2 Å². The van der Waals surface area contributed by atoms with E-state index in [9.17, 15) is 0 Å². The molecule has 50 valence electrons. The zero-order valence-electron chi connectivity index (χ0n) is 4.84. The number of rotatable bonds is 0. The summed E-state index contributed by atoms with van der Waals surface area (Å²) in [5.41, 5.74) is 1.27. The van der Waals surface area contributed by atoms with Crippen LogP contribution < -0.4 is 0 Å². The molecular weight excluding hydrogens is 150 g/mol. The first-order chi connectivity index (χ1) is 4.88. The fraction of sp³-hybridized carbons (Fsp3) is 0. The van der Waals surface area contributed by atoms with Crippen molar-refractivity contribution in [1.82, 2.24) is 24.4 Å². The van der Waals surface area contributed by atoms with Crippen molar-refractivity contribution in [3.8, 4) is 0 Å². The number of hydrogen-bond acceptors (Lipinski definition) is 5. The van der Waals surface area contributed by atoms with Crippen LogP contribution in [0.3, 0.4) is 0 Å². The summed E-state index contributed by atoms with van der Waals surface area (Å²) in [6, 6.07) is 0. The molecule has 0 unspecified atom stereocenters. The number of aromatic nitrogens is 5. The lowest BCUT2D eigenvalue weighted by Crippen LogP contribution is -1.82. The van der Waals surface area contributed by atoms with E-state index < -0.39 is 0 Å². The van der Waals surface area contributed by atoms with Crippen molar-refractivity contribution in [2.24, 2.45) is 0 Å². The number of nitrogens with zero attached hydrogens (tertiary/aromatic N) is 5. The molecular formula is C4H3N5S. The van der Waals surface area contributed by atoms with Crippen LogP contribution in [0.15, 0.2) is 12.5 Å². The molecule has 0 N–H and O–H groups in total. The van der Waals surface area contributed by atoms with Gasteiger partial charge in [-0.1, -0.05) is 5.21 Å². The number of thiol groups is 1. The van der Waals surface area contributed by atoms with E-state index in [2.05, 4.69) is 33.1 Å². The quantitative estimate of drug-likeness (QED) is 0.537. The molecule has 0 spiro atoms. The summed E-state index contributed by atoms with van der Waals surface area (Å²) in [5.74, 6) is 0. The van der Waals surface area contributed by atoms with Crippen molar-refractivity contribution in [2.75, 3.05) is 0 Å². The van der Waals surface area contributed by atoms with Gasteiger partial charge in [-0.15, -0.1) is 5.10 Å². The van der Waals surface area contributed by atoms with E-state index in [1.807, 2.05) is 0 Å². The van der Waals surface area contributed by atoms with E-state index in [0.717, 1.165) is 0 Å². The summed E-state index contributed by atoms with van der Waals surface area (Å²) in [5, 5.41) is 7.33. The molecule has 2 aromatic rings. The first-order valence-corrected chi connectivity index (χ1v) is 2.98. The van der Waals surface area contributed by atoms with Crippen molar-refractivity contribution < 1.29 is 0 Å². The van der Waals surface area contributed by atoms with E-state index in [-0.39, 0.29) is 0 Å². The molecule has 0 saturated heterocycles. The molecule has 0 bridgehead atoms. The van der Waals surface area contributed by atoms with Gasteiger partial charge in [0.05, 0.1) is 6.20 Å². The van der Waals surface area contributed by atoms with Crippen LogP contribution in [0, 0.1) is 0 Å². The summed E-state index contributed by atoms with van der Waals surface area (Å²) in [7, 11) is 0. The van der Waals surface area contributed by atoms with Crippen LogP contribution in [0.4, 0.5) is 0 Å². The maximum Gasteiger partial charge on any atom is 0.205 e. The first kappa shape index (κ1) is 5.60. The van der Waals surface area contributed by atoms with Crippen LogP contribution in [0.1, 0.15) is 0 Å². The van der Waals surface area contributed by atoms with E-state index in [0.29, 0.717) is 11.2 Å². The minimum absolute atomic E-state index is 0.560. The normalized spacial score (nSPS) is 10.5. The van der Waals surface area contributed by atoms with Gasteiger partial charge in [-0.05, 0) is 12.8 Å². The summed E-state index contributed by atoms with van der Waals surface area (Å²) in [6.45, 7) is 0. The van der Waals surface area contributed by atoms with Crippen LogP contribution in [-0.4, -0.2) is 24.4 Å². The fourth-order valence-electron chi connectivity index (χ4n) is 0.667. The number of fused-ring (bicyclic) bond motifs is 1. The van der Waals surface area contributed by atoms with Gasteiger partial charge in [-0.25, -0.2) is 9.97 Å². The van der Waals surface area contributed by atoms with E-state index in [4.69, 9.17) is 0 Å². The molecule has 6 heteroatoms. The molecule has 2 rings (SSSR count). The van der Waals surface area contributed by atoms with Crippen LogP contribution in [0.2, 0.25) is 0 Å². The Kier molecular flexibility index (Phi) is 1.07. The fourth-order valence-corrected chi connectivity index (χ4v) is 0.848. The van der Waals surface area contributed by atoms with Crippen molar-refractivity contribution in [2.45, 2.75) is 0 Å². The van der Waals surface area contributed by atoms with E-state index in [1.165, 1.54) is 10.4 Å². The Morgan fingerprint density at radius 1 is 1.50 bits per heavy atom. The van der Waals surface area contributed by atoms with E-state index >= 15 is 0 Å². The monoisotopic (exact) mass is 153 g/mol. The van der Waals surface area contributed by atoms with Crippen molar-refractivity contribution in [3.63, 3.8) is 0 Å². The highest BCUT2D eigenvalue weighted by Gasteiger charge is 1.99. The molecule has 0 fully saturated rings. The van der Waals surface area contributed by atoms with Gasteiger partial charge >= 0.3 is 0 Å². The molecule has 0 saturated carbocycles. The lowest BCUT2D eigenvalue weighted by molar-refractivity contribution is 0.913. The number of hydrogen-bond donors (Lipinski definition) is 1. The highest BCUT2D eigenvalue weighted by Crippen LogP contribution is 2.04.